The van der Waals surface area contributed by atoms with Gasteiger partial charge in [-0.25, -0.2) is 0 Å². The van der Waals surface area contributed by atoms with E-state index in [1.807, 2.05) is 0 Å². The molecule has 0 aromatic rings. The first-order valence-corrected chi connectivity index (χ1v) is 4.81. The van der Waals surface area contributed by atoms with Gasteiger partial charge >= 0.3 is 35.0 Å². The second-order valence-corrected chi connectivity index (χ2v) is 3.91. The van der Waals surface area contributed by atoms with Crippen LogP contribution in [0.1, 0.15) is 49.3 Å². The summed E-state index contributed by atoms with van der Waals surface area (Å²) in [4.78, 5) is 21.2. The molecule has 0 aromatic heterocycles. The van der Waals surface area contributed by atoms with Crippen LogP contribution in [-0.2, 0) is 14.3 Å². The maximum Gasteiger partial charge on any atom is 2.00 e. The summed E-state index contributed by atoms with van der Waals surface area (Å²) in [5.41, 5.74) is -0.553. The van der Waals surface area contributed by atoms with Gasteiger partial charge in [-0.05, 0) is 26.7 Å². The molecule has 0 rings (SSSR count). The maximum atomic E-state index is 11.0. The molecule has 0 spiro atoms. The SMILES string of the molecule is CCCCC(C)(C)OC(=O)CC(=O)O.[H-].[H-].[Mg+2]. The van der Waals surface area contributed by atoms with Gasteiger partial charge in [-0.3, -0.25) is 9.59 Å². The third-order valence-electron chi connectivity index (χ3n) is 1.82. The zero-order valence-electron chi connectivity index (χ0n) is 11.7. The number of carbonyl (C=O) groups is 2. The number of carboxylic acid groups (broad SMARTS) is 1. The quantitative estimate of drug-likeness (QED) is 0.428. The fourth-order valence-electron chi connectivity index (χ4n) is 1.12. The molecule has 15 heavy (non-hydrogen) atoms. The van der Waals surface area contributed by atoms with E-state index >= 15 is 0 Å². The number of ether oxygens (including phenoxy) is 1. The van der Waals surface area contributed by atoms with Crippen molar-refractivity contribution < 1.29 is 22.3 Å². The van der Waals surface area contributed by atoms with E-state index in [1.54, 1.807) is 13.8 Å². The summed E-state index contributed by atoms with van der Waals surface area (Å²) in [6.45, 7) is 5.64. The van der Waals surface area contributed by atoms with Crippen LogP contribution in [0.2, 0.25) is 0 Å². The van der Waals surface area contributed by atoms with Gasteiger partial charge in [0.2, 0.25) is 0 Å². The summed E-state index contributed by atoms with van der Waals surface area (Å²) < 4.78 is 5.03. The second-order valence-electron chi connectivity index (χ2n) is 3.91. The van der Waals surface area contributed by atoms with Crippen molar-refractivity contribution in [3.05, 3.63) is 0 Å². The zero-order chi connectivity index (χ0) is 11.2. The molecule has 0 aromatic carbocycles. The number of hydrogen-bond acceptors (Lipinski definition) is 3. The van der Waals surface area contributed by atoms with E-state index in [1.165, 1.54) is 0 Å². The topological polar surface area (TPSA) is 63.6 Å². The van der Waals surface area contributed by atoms with Gasteiger partial charge in [-0.1, -0.05) is 13.3 Å². The van der Waals surface area contributed by atoms with Crippen LogP contribution in [0, 0.1) is 0 Å². The standard InChI is InChI=1S/C10H18O4.Mg.2H/c1-4-5-6-10(2,3)14-9(13)7-8(11)12;;;/h4-7H2,1-3H3,(H,11,12);;;/q;+2;2*-1. The molecular weight excluding hydrogens is 208 g/mol. The average Bonchev–Trinajstić information content (AvgIpc) is 1.98. The maximum absolute atomic E-state index is 11.0. The van der Waals surface area contributed by atoms with Gasteiger partial charge in [-0.2, -0.15) is 0 Å². The summed E-state index contributed by atoms with van der Waals surface area (Å²) >= 11 is 0. The normalized spacial score (nSPS) is 10.3. The molecule has 0 atom stereocenters. The van der Waals surface area contributed by atoms with Gasteiger partial charge in [0.15, 0.2) is 0 Å². The first kappa shape index (κ1) is 17.1. The first-order valence-electron chi connectivity index (χ1n) is 4.81. The predicted octanol–water partition coefficient (Wildman–Crippen LogP) is 1.82. The molecule has 0 heterocycles. The van der Waals surface area contributed by atoms with E-state index in [9.17, 15) is 9.59 Å². The molecular formula is C10H20MgO4. The summed E-state index contributed by atoms with van der Waals surface area (Å²) in [6, 6.07) is 0. The Balaban J connectivity index is -0.000000282. The van der Waals surface area contributed by atoms with Gasteiger partial charge in [0.05, 0.1) is 0 Å². The van der Waals surface area contributed by atoms with Crippen LogP contribution in [0.15, 0.2) is 0 Å². The first-order chi connectivity index (χ1) is 6.37. The molecule has 1 N–H and O–H groups in total. The van der Waals surface area contributed by atoms with Crippen molar-refractivity contribution in [1.82, 2.24) is 0 Å². The molecule has 0 aliphatic heterocycles. The monoisotopic (exact) mass is 228 g/mol. The van der Waals surface area contributed by atoms with Crippen LogP contribution >= 0.6 is 0 Å². The van der Waals surface area contributed by atoms with Crippen molar-refractivity contribution >= 4 is 35.0 Å². The van der Waals surface area contributed by atoms with Crippen molar-refractivity contribution in [2.24, 2.45) is 0 Å². The fraction of sp³-hybridized carbons (Fsp3) is 0.800. The molecule has 4 nitrogen and oxygen atoms in total. The number of carboxylic acids is 1. The summed E-state index contributed by atoms with van der Waals surface area (Å²) in [6.07, 6.45) is 2.19. The Bertz CT molecular complexity index is 222. The zero-order valence-corrected chi connectivity index (χ0v) is 11.1. The predicted molar refractivity (Wildman–Crippen MR) is 59.9 cm³/mol. The molecule has 0 saturated heterocycles. The van der Waals surface area contributed by atoms with Crippen LogP contribution in [0.3, 0.4) is 0 Å². The number of carbonyl (C=O) groups excluding carboxylic acids is 1. The Morgan fingerprint density at radius 2 is 1.93 bits per heavy atom. The number of rotatable bonds is 6. The Kier molecular flexibility index (Phi) is 9.04. The van der Waals surface area contributed by atoms with Crippen molar-refractivity contribution in [3.8, 4) is 0 Å². The number of esters is 1. The van der Waals surface area contributed by atoms with E-state index in [4.69, 9.17) is 9.84 Å². The van der Waals surface area contributed by atoms with Crippen LogP contribution in [0.4, 0.5) is 0 Å². The van der Waals surface area contributed by atoms with E-state index in [2.05, 4.69) is 6.92 Å². The number of unbranched alkanes of at least 4 members (excludes halogenated alkanes) is 1. The molecule has 5 heteroatoms. The largest absolute Gasteiger partial charge is 2.00 e. The number of hydrogen-bond donors (Lipinski definition) is 1. The molecule has 0 bridgehead atoms. The van der Waals surface area contributed by atoms with Gasteiger partial charge in [0.1, 0.15) is 12.0 Å². The van der Waals surface area contributed by atoms with Gasteiger partial charge in [0.25, 0.3) is 0 Å². The minimum absolute atomic E-state index is 0. The summed E-state index contributed by atoms with van der Waals surface area (Å²) in [7, 11) is 0. The Hall–Kier alpha value is -0.294. The molecule has 0 amide bonds. The van der Waals surface area contributed by atoms with E-state index in [-0.39, 0.29) is 25.9 Å². The molecule has 0 fully saturated rings. The van der Waals surface area contributed by atoms with Crippen LogP contribution in [0.25, 0.3) is 0 Å². The van der Waals surface area contributed by atoms with E-state index < -0.39 is 24.0 Å². The molecule has 86 valence electrons. The van der Waals surface area contributed by atoms with Crippen LogP contribution in [0.5, 0.6) is 0 Å². The van der Waals surface area contributed by atoms with Crippen molar-refractivity contribution in [3.63, 3.8) is 0 Å². The molecule has 0 radical (unpaired) electrons. The third-order valence-corrected chi connectivity index (χ3v) is 1.82. The minimum Gasteiger partial charge on any atom is -1.00 e. The van der Waals surface area contributed by atoms with Crippen molar-refractivity contribution in [2.75, 3.05) is 0 Å². The minimum atomic E-state index is -1.15. The Labute approximate surface area is 109 Å². The van der Waals surface area contributed by atoms with Crippen LogP contribution in [-0.4, -0.2) is 45.7 Å². The van der Waals surface area contributed by atoms with Crippen LogP contribution < -0.4 is 0 Å². The van der Waals surface area contributed by atoms with Crippen molar-refractivity contribution in [1.29, 1.82) is 0 Å². The van der Waals surface area contributed by atoms with Gasteiger partial charge in [0, 0.05) is 0 Å². The van der Waals surface area contributed by atoms with E-state index in [0.29, 0.717) is 0 Å². The summed E-state index contributed by atoms with van der Waals surface area (Å²) in [5.74, 6) is -1.82. The van der Waals surface area contributed by atoms with Gasteiger partial charge < -0.3 is 12.7 Å². The molecule has 0 saturated carbocycles. The second kappa shape index (κ2) is 7.93. The third kappa shape index (κ3) is 10.00. The Morgan fingerprint density at radius 3 is 2.33 bits per heavy atom. The molecule has 0 aliphatic rings. The summed E-state index contributed by atoms with van der Waals surface area (Å²) in [5, 5.41) is 8.36. The number of aliphatic carboxylic acids is 1. The fourth-order valence-corrected chi connectivity index (χ4v) is 1.12. The Morgan fingerprint density at radius 1 is 1.40 bits per heavy atom. The molecule has 0 unspecified atom stereocenters. The average molecular weight is 229 g/mol. The van der Waals surface area contributed by atoms with Gasteiger partial charge in [-0.15, -0.1) is 0 Å². The van der Waals surface area contributed by atoms with E-state index in [0.717, 1.165) is 19.3 Å². The molecule has 0 aliphatic carbocycles. The van der Waals surface area contributed by atoms with Crippen molar-refractivity contribution in [2.45, 2.75) is 52.1 Å². The smallest absolute Gasteiger partial charge is 1.00 e.